The lowest BCUT2D eigenvalue weighted by Gasteiger charge is -2.26. The van der Waals surface area contributed by atoms with Crippen molar-refractivity contribution in [1.29, 1.82) is 0 Å². The van der Waals surface area contributed by atoms with Crippen molar-refractivity contribution in [1.82, 2.24) is 15.1 Å². The van der Waals surface area contributed by atoms with Gasteiger partial charge in [-0.2, -0.15) is 0 Å². The topological polar surface area (TPSA) is 86.8 Å². The number of hydrogen-bond donors (Lipinski definition) is 1. The molecule has 1 atom stereocenters. The molecule has 0 aromatic heterocycles. The molecule has 1 heterocycles. The van der Waals surface area contributed by atoms with E-state index >= 15 is 0 Å². The number of sulfone groups is 1. The summed E-state index contributed by atoms with van der Waals surface area (Å²) in [6.07, 6.45) is 1.54. The van der Waals surface area contributed by atoms with Crippen LogP contribution in [0.2, 0.25) is 0 Å². The summed E-state index contributed by atoms with van der Waals surface area (Å²) in [5.74, 6) is -0.150. The highest BCUT2D eigenvalue weighted by molar-refractivity contribution is 7.91. The highest BCUT2D eigenvalue weighted by Gasteiger charge is 2.33. The summed E-state index contributed by atoms with van der Waals surface area (Å²) in [4.78, 5) is 27.0. The van der Waals surface area contributed by atoms with Gasteiger partial charge in [0.1, 0.15) is 0 Å². The second kappa shape index (κ2) is 8.47. The maximum Gasteiger partial charge on any atom is 0.221 e. The first-order valence-electron chi connectivity index (χ1n) is 7.60. The number of rotatable bonds is 8. The van der Waals surface area contributed by atoms with E-state index in [0.29, 0.717) is 13.0 Å². The minimum Gasteiger partial charge on any atom is -0.356 e. The zero-order valence-electron chi connectivity index (χ0n) is 13.7. The zero-order chi connectivity index (χ0) is 16.8. The molecule has 1 N–H and O–H groups in total. The van der Waals surface area contributed by atoms with Gasteiger partial charge in [-0.3, -0.25) is 9.59 Å². The number of nitrogens with one attached hydrogen (secondary N) is 1. The first kappa shape index (κ1) is 18.9. The van der Waals surface area contributed by atoms with Crippen molar-refractivity contribution >= 4 is 21.7 Å². The molecule has 1 unspecified atom stereocenters. The number of hydrogen-bond acceptors (Lipinski definition) is 5. The standard InChI is InChI=1S/C14H27N3O4S/c1-12(18)17(13-6-10-22(20,21)11-13)9-5-14(19)15-7-4-8-16(2)3/h13H,4-11H2,1-3H3,(H,15,19). The van der Waals surface area contributed by atoms with Gasteiger partial charge in [0.05, 0.1) is 11.5 Å². The van der Waals surface area contributed by atoms with Crippen LogP contribution in [-0.2, 0) is 19.4 Å². The van der Waals surface area contributed by atoms with Crippen molar-refractivity contribution in [3.8, 4) is 0 Å². The van der Waals surface area contributed by atoms with E-state index in [4.69, 9.17) is 0 Å². The highest BCUT2D eigenvalue weighted by atomic mass is 32.2. The van der Waals surface area contributed by atoms with Gasteiger partial charge in [0.25, 0.3) is 0 Å². The highest BCUT2D eigenvalue weighted by Crippen LogP contribution is 2.18. The monoisotopic (exact) mass is 333 g/mol. The fraction of sp³-hybridized carbons (Fsp3) is 0.857. The van der Waals surface area contributed by atoms with Gasteiger partial charge in [0, 0.05) is 32.5 Å². The molecule has 1 fully saturated rings. The number of nitrogens with zero attached hydrogens (tertiary/aromatic N) is 2. The molecule has 1 saturated heterocycles. The Morgan fingerprint density at radius 3 is 2.41 bits per heavy atom. The number of carbonyl (C=O) groups excluding carboxylic acids is 2. The van der Waals surface area contributed by atoms with Crippen LogP contribution < -0.4 is 5.32 Å². The Balaban J connectivity index is 2.36. The van der Waals surface area contributed by atoms with Gasteiger partial charge in [-0.25, -0.2) is 8.42 Å². The molecule has 0 aromatic carbocycles. The van der Waals surface area contributed by atoms with Gasteiger partial charge in [-0.1, -0.05) is 0 Å². The van der Waals surface area contributed by atoms with Gasteiger partial charge in [0.2, 0.25) is 11.8 Å². The van der Waals surface area contributed by atoms with E-state index < -0.39 is 9.84 Å². The zero-order valence-corrected chi connectivity index (χ0v) is 14.5. The Bertz CT molecular complexity index is 490. The van der Waals surface area contributed by atoms with Crippen molar-refractivity contribution in [2.75, 3.05) is 45.2 Å². The van der Waals surface area contributed by atoms with E-state index in [1.54, 1.807) is 0 Å². The van der Waals surface area contributed by atoms with Crippen LogP contribution in [0, 0.1) is 0 Å². The normalized spacial score (nSPS) is 20.1. The summed E-state index contributed by atoms with van der Waals surface area (Å²) in [7, 11) is 0.911. The van der Waals surface area contributed by atoms with Crippen molar-refractivity contribution in [3.63, 3.8) is 0 Å². The Hall–Kier alpha value is -1.15. The summed E-state index contributed by atoms with van der Waals surface area (Å²) >= 11 is 0. The molecular weight excluding hydrogens is 306 g/mol. The molecule has 0 saturated carbocycles. The minimum atomic E-state index is -3.04. The van der Waals surface area contributed by atoms with Crippen LogP contribution in [0.5, 0.6) is 0 Å². The minimum absolute atomic E-state index is 0.0109. The molecule has 0 bridgehead atoms. The molecule has 1 aliphatic heterocycles. The van der Waals surface area contributed by atoms with Crippen LogP contribution >= 0.6 is 0 Å². The Morgan fingerprint density at radius 1 is 1.23 bits per heavy atom. The van der Waals surface area contributed by atoms with Gasteiger partial charge >= 0.3 is 0 Å². The average molecular weight is 333 g/mol. The Kier molecular flexibility index (Phi) is 7.28. The van der Waals surface area contributed by atoms with Crippen LogP contribution in [0.25, 0.3) is 0 Å². The summed E-state index contributed by atoms with van der Waals surface area (Å²) in [6.45, 7) is 3.20. The molecule has 128 valence electrons. The molecule has 0 radical (unpaired) electrons. The smallest absolute Gasteiger partial charge is 0.221 e. The third kappa shape index (κ3) is 6.74. The lowest BCUT2D eigenvalue weighted by atomic mass is 10.2. The second-order valence-corrected chi connectivity index (χ2v) is 8.25. The Morgan fingerprint density at radius 2 is 1.91 bits per heavy atom. The van der Waals surface area contributed by atoms with Crippen molar-refractivity contribution in [3.05, 3.63) is 0 Å². The summed E-state index contributed by atoms with van der Waals surface area (Å²) in [5, 5.41) is 2.82. The van der Waals surface area contributed by atoms with Crippen LogP contribution in [0.1, 0.15) is 26.2 Å². The maximum absolute atomic E-state index is 11.8. The maximum atomic E-state index is 11.8. The van der Waals surface area contributed by atoms with Gasteiger partial charge in [0.15, 0.2) is 9.84 Å². The second-order valence-electron chi connectivity index (χ2n) is 6.03. The fourth-order valence-electron chi connectivity index (χ4n) is 2.55. The van der Waals surface area contributed by atoms with Gasteiger partial charge < -0.3 is 15.1 Å². The van der Waals surface area contributed by atoms with E-state index in [-0.39, 0.29) is 42.3 Å². The van der Waals surface area contributed by atoms with Crippen LogP contribution in [0.3, 0.4) is 0 Å². The molecule has 0 spiro atoms. The molecule has 1 aliphatic rings. The van der Waals surface area contributed by atoms with Crippen molar-refractivity contribution in [2.24, 2.45) is 0 Å². The van der Waals surface area contributed by atoms with E-state index in [2.05, 4.69) is 5.32 Å². The number of amides is 2. The third-order valence-electron chi connectivity index (χ3n) is 3.74. The van der Waals surface area contributed by atoms with E-state index in [1.807, 2.05) is 19.0 Å². The quantitative estimate of drug-likeness (QED) is 0.604. The lowest BCUT2D eigenvalue weighted by Crippen LogP contribution is -2.42. The molecular formula is C14H27N3O4S. The molecule has 0 aromatic rings. The molecule has 22 heavy (non-hydrogen) atoms. The molecule has 7 nitrogen and oxygen atoms in total. The van der Waals surface area contributed by atoms with Crippen LogP contribution in [0.4, 0.5) is 0 Å². The fourth-order valence-corrected chi connectivity index (χ4v) is 4.28. The van der Waals surface area contributed by atoms with Crippen LogP contribution in [0.15, 0.2) is 0 Å². The largest absolute Gasteiger partial charge is 0.356 e. The van der Waals surface area contributed by atoms with Crippen molar-refractivity contribution < 1.29 is 18.0 Å². The lowest BCUT2D eigenvalue weighted by molar-refractivity contribution is -0.131. The van der Waals surface area contributed by atoms with E-state index in [0.717, 1.165) is 13.0 Å². The SMILES string of the molecule is CC(=O)N(CCC(=O)NCCCN(C)C)C1CCS(=O)(=O)C1. The number of carbonyl (C=O) groups is 2. The first-order chi connectivity index (χ1) is 10.2. The molecule has 0 aliphatic carbocycles. The molecule has 1 rings (SSSR count). The predicted octanol–water partition coefficient (Wildman–Crippen LogP) is -0.520. The first-order valence-corrected chi connectivity index (χ1v) is 9.42. The van der Waals surface area contributed by atoms with E-state index in [9.17, 15) is 18.0 Å². The third-order valence-corrected chi connectivity index (χ3v) is 5.49. The summed E-state index contributed by atoms with van der Waals surface area (Å²) < 4.78 is 23.0. The Labute approximate surface area is 132 Å². The summed E-state index contributed by atoms with van der Waals surface area (Å²) in [5.41, 5.74) is 0. The average Bonchev–Trinajstić information content (AvgIpc) is 2.74. The molecule has 2 amide bonds. The predicted molar refractivity (Wildman–Crippen MR) is 85.2 cm³/mol. The van der Waals surface area contributed by atoms with Crippen LogP contribution in [-0.4, -0.2) is 81.3 Å². The molecule has 8 heteroatoms. The van der Waals surface area contributed by atoms with Gasteiger partial charge in [-0.15, -0.1) is 0 Å². The van der Waals surface area contributed by atoms with Gasteiger partial charge in [-0.05, 0) is 33.5 Å². The van der Waals surface area contributed by atoms with Crippen molar-refractivity contribution in [2.45, 2.75) is 32.2 Å². The van der Waals surface area contributed by atoms with E-state index in [1.165, 1.54) is 11.8 Å². The summed E-state index contributed by atoms with van der Waals surface area (Å²) in [6, 6.07) is -0.288.